The molecule has 0 spiro atoms. The van der Waals surface area contributed by atoms with Crippen molar-refractivity contribution in [3.8, 4) is 0 Å². The summed E-state index contributed by atoms with van der Waals surface area (Å²) in [6.45, 7) is 4.88. The molecule has 0 bridgehead atoms. The molecule has 0 N–H and O–H groups in total. The predicted molar refractivity (Wildman–Crippen MR) is 49.8 cm³/mol. The van der Waals surface area contributed by atoms with E-state index in [4.69, 9.17) is 0 Å². The molecule has 0 atom stereocenters. The van der Waals surface area contributed by atoms with Crippen molar-refractivity contribution in [1.29, 1.82) is 0 Å². The Morgan fingerprint density at radius 3 is 2.54 bits per heavy atom. The first-order valence-corrected chi connectivity index (χ1v) is 3.57. The van der Waals surface area contributed by atoms with E-state index in [1.807, 2.05) is 0 Å². The standard InChI is InChI=1S/C8H11N3O2/c1-4-8(10-9-3)6-5-7(2)11(12)13/h4-6H,1H2,2-3H3/b7-5+,8-6+,10-9?. The molecule has 70 valence electrons. The van der Waals surface area contributed by atoms with Crippen molar-refractivity contribution in [2.45, 2.75) is 6.92 Å². The number of hydrogen-bond donors (Lipinski definition) is 0. The van der Waals surface area contributed by atoms with Gasteiger partial charge in [-0.25, -0.2) is 0 Å². The summed E-state index contributed by atoms with van der Waals surface area (Å²) in [4.78, 5) is 9.71. The number of hydrogen-bond acceptors (Lipinski definition) is 4. The van der Waals surface area contributed by atoms with Crippen molar-refractivity contribution in [1.82, 2.24) is 0 Å². The fourth-order valence-corrected chi connectivity index (χ4v) is 0.525. The van der Waals surface area contributed by atoms with Gasteiger partial charge >= 0.3 is 0 Å². The van der Waals surface area contributed by atoms with Gasteiger partial charge in [0.15, 0.2) is 0 Å². The maximum Gasteiger partial charge on any atom is 0.243 e. The number of nitro groups is 1. The molecule has 0 heterocycles. The Morgan fingerprint density at radius 1 is 1.54 bits per heavy atom. The quantitative estimate of drug-likeness (QED) is 0.289. The van der Waals surface area contributed by atoms with Crippen molar-refractivity contribution < 1.29 is 4.92 Å². The Balaban J connectivity index is 4.63. The van der Waals surface area contributed by atoms with Gasteiger partial charge in [-0.15, -0.1) is 0 Å². The largest absolute Gasteiger partial charge is 0.259 e. The Bertz CT molecular complexity index is 290. The molecule has 0 aliphatic rings. The molecule has 0 radical (unpaired) electrons. The molecule has 0 aromatic rings. The molecule has 13 heavy (non-hydrogen) atoms. The SMILES string of the molecule is C=C/C(=C\C=C(/C)[N+](=O)[O-])N=NC. The maximum atomic E-state index is 10.2. The van der Waals surface area contributed by atoms with E-state index >= 15 is 0 Å². The highest BCUT2D eigenvalue weighted by Crippen LogP contribution is 2.01. The van der Waals surface area contributed by atoms with Gasteiger partial charge in [0.25, 0.3) is 0 Å². The summed E-state index contributed by atoms with van der Waals surface area (Å²) in [6.07, 6.45) is 4.31. The fraction of sp³-hybridized carbons (Fsp3) is 0.250. The van der Waals surface area contributed by atoms with E-state index in [9.17, 15) is 10.1 Å². The highest BCUT2D eigenvalue weighted by atomic mass is 16.6. The molecule has 0 fully saturated rings. The van der Waals surface area contributed by atoms with Crippen LogP contribution >= 0.6 is 0 Å². The normalized spacial score (nSPS) is 13.4. The molecule has 0 aromatic carbocycles. The van der Waals surface area contributed by atoms with Crippen LogP contribution in [-0.4, -0.2) is 12.0 Å². The van der Waals surface area contributed by atoms with Gasteiger partial charge in [0.2, 0.25) is 5.70 Å². The minimum Gasteiger partial charge on any atom is -0.259 e. The van der Waals surface area contributed by atoms with E-state index in [-0.39, 0.29) is 5.70 Å². The van der Waals surface area contributed by atoms with Gasteiger partial charge in [-0.2, -0.15) is 10.2 Å². The molecule has 0 rings (SSSR count). The van der Waals surface area contributed by atoms with Crippen LogP contribution < -0.4 is 0 Å². The lowest BCUT2D eigenvalue weighted by atomic mass is 10.3. The molecule has 0 saturated heterocycles. The van der Waals surface area contributed by atoms with Crippen molar-refractivity contribution >= 4 is 0 Å². The van der Waals surface area contributed by atoms with Crippen molar-refractivity contribution in [2.24, 2.45) is 10.2 Å². The first kappa shape index (κ1) is 11.2. The van der Waals surface area contributed by atoms with Gasteiger partial charge in [-0.3, -0.25) is 10.1 Å². The predicted octanol–water partition coefficient (Wildman–Crippen LogP) is 2.32. The van der Waals surface area contributed by atoms with Gasteiger partial charge in [0.05, 0.1) is 10.6 Å². The van der Waals surface area contributed by atoms with Crippen LogP contribution in [0.1, 0.15) is 6.92 Å². The zero-order chi connectivity index (χ0) is 10.3. The lowest BCUT2D eigenvalue weighted by Crippen LogP contribution is -1.92. The van der Waals surface area contributed by atoms with Crippen LogP contribution in [0.15, 0.2) is 46.4 Å². The van der Waals surface area contributed by atoms with Gasteiger partial charge in [0.1, 0.15) is 0 Å². The van der Waals surface area contributed by atoms with Crippen LogP contribution in [0.25, 0.3) is 0 Å². The zero-order valence-electron chi connectivity index (χ0n) is 7.60. The Morgan fingerprint density at radius 2 is 2.15 bits per heavy atom. The maximum absolute atomic E-state index is 10.2. The monoisotopic (exact) mass is 181 g/mol. The highest BCUT2D eigenvalue weighted by Gasteiger charge is 1.98. The molecule has 0 unspecified atom stereocenters. The summed E-state index contributed by atoms with van der Waals surface area (Å²) in [6, 6.07) is 0. The third-order valence-corrected chi connectivity index (χ3v) is 1.21. The third kappa shape index (κ3) is 4.62. The lowest BCUT2D eigenvalue weighted by molar-refractivity contribution is -0.424. The number of azo groups is 1. The summed E-state index contributed by atoms with van der Waals surface area (Å²) in [5.41, 5.74) is 0.536. The summed E-state index contributed by atoms with van der Waals surface area (Å²) in [7, 11) is 1.52. The second-order valence-electron chi connectivity index (χ2n) is 2.16. The van der Waals surface area contributed by atoms with Crippen LogP contribution in [0.5, 0.6) is 0 Å². The number of allylic oxidation sites excluding steroid dienone is 4. The van der Waals surface area contributed by atoms with E-state index in [1.165, 1.54) is 32.2 Å². The van der Waals surface area contributed by atoms with Crippen LogP contribution in [0.2, 0.25) is 0 Å². The second kappa shape index (κ2) is 5.82. The van der Waals surface area contributed by atoms with Gasteiger partial charge in [0, 0.05) is 20.0 Å². The van der Waals surface area contributed by atoms with E-state index in [0.717, 1.165) is 0 Å². The van der Waals surface area contributed by atoms with E-state index in [1.54, 1.807) is 0 Å². The van der Waals surface area contributed by atoms with Crippen molar-refractivity contribution in [3.05, 3.63) is 46.3 Å². The van der Waals surface area contributed by atoms with Crippen LogP contribution in [0, 0.1) is 10.1 Å². The minimum absolute atomic E-state index is 0.0469. The molecule has 0 aliphatic heterocycles. The average Bonchev–Trinajstić information content (AvgIpc) is 2.11. The lowest BCUT2D eigenvalue weighted by Gasteiger charge is -1.88. The van der Waals surface area contributed by atoms with Gasteiger partial charge in [-0.05, 0) is 12.2 Å². The molecule has 0 saturated carbocycles. The first-order chi connectivity index (χ1) is 6.11. The molecular formula is C8H11N3O2. The highest BCUT2D eigenvalue weighted by molar-refractivity contribution is 5.20. The van der Waals surface area contributed by atoms with Gasteiger partial charge in [-0.1, -0.05) is 6.58 Å². The topological polar surface area (TPSA) is 67.9 Å². The summed E-state index contributed by atoms with van der Waals surface area (Å²) < 4.78 is 0. The van der Waals surface area contributed by atoms with E-state index < -0.39 is 4.92 Å². The summed E-state index contributed by atoms with van der Waals surface area (Å²) in [5, 5.41) is 17.4. The van der Waals surface area contributed by atoms with Crippen LogP contribution in [0.4, 0.5) is 0 Å². The molecule has 0 amide bonds. The van der Waals surface area contributed by atoms with Crippen molar-refractivity contribution in [3.63, 3.8) is 0 Å². The molecule has 5 heteroatoms. The van der Waals surface area contributed by atoms with Crippen LogP contribution in [0.3, 0.4) is 0 Å². The fourth-order valence-electron chi connectivity index (χ4n) is 0.525. The molecular weight excluding hydrogens is 170 g/mol. The minimum atomic E-state index is -0.472. The summed E-state index contributed by atoms with van der Waals surface area (Å²) >= 11 is 0. The molecule has 5 nitrogen and oxygen atoms in total. The zero-order valence-corrected chi connectivity index (χ0v) is 7.60. The number of nitrogens with zero attached hydrogens (tertiary/aromatic N) is 3. The van der Waals surface area contributed by atoms with E-state index in [2.05, 4.69) is 16.8 Å². The van der Waals surface area contributed by atoms with Crippen LogP contribution in [-0.2, 0) is 0 Å². The number of rotatable bonds is 4. The Hall–Kier alpha value is -1.78. The Kier molecular flexibility index (Phi) is 5.02. The molecule has 0 aliphatic carbocycles. The van der Waals surface area contributed by atoms with Crippen molar-refractivity contribution in [2.75, 3.05) is 7.05 Å². The third-order valence-electron chi connectivity index (χ3n) is 1.21. The second-order valence-corrected chi connectivity index (χ2v) is 2.16. The summed E-state index contributed by atoms with van der Waals surface area (Å²) in [5.74, 6) is 0. The van der Waals surface area contributed by atoms with Gasteiger partial charge < -0.3 is 0 Å². The molecule has 0 aromatic heterocycles. The first-order valence-electron chi connectivity index (χ1n) is 3.57. The van der Waals surface area contributed by atoms with E-state index in [0.29, 0.717) is 5.70 Å². The average molecular weight is 181 g/mol. The smallest absolute Gasteiger partial charge is 0.243 e. The Labute approximate surface area is 76.3 Å².